The number of nitrogens with one attached hydrogen (secondary N) is 1. The molecule has 2 heteroatoms. The van der Waals surface area contributed by atoms with Crippen LogP contribution in [0.4, 0.5) is 0 Å². The maximum atomic E-state index is 10.7. The van der Waals surface area contributed by atoms with E-state index in [0.717, 1.165) is 12.8 Å². The minimum atomic E-state index is 0.153. The van der Waals surface area contributed by atoms with Gasteiger partial charge in [0.2, 0.25) is 5.91 Å². The number of carbonyl (C=O) groups excluding carboxylic acids is 1. The first-order valence-corrected chi connectivity index (χ1v) is 4.91. The van der Waals surface area contributed by atoms with E-state index in [2.05, 4.69) is 19.2 Å². The van der Waals surface area contributed by atoms with Crippen molar-refractivity contribution >= 4 is 5.91 Å². The van der Waals surface area contributed by atoms with Gasteiger partial charge in [0.05, 0.1) is 0 Å². The zero-order valence-electron chi connectivity index (χ0n) is 9.11. The van der Waals surface area contributed by atoms with Gasteiger partial charge in [-0.15, -0.1) is 0 Å². The molecule has 0 saturated heterocycles. The van der Waals surface area contributed by atoms with Crippen LogP contribution in [0.5, 0.6) is 0 Å². The lowest BCUT2D eigenvalue weighted by Gasteiger charge is -2.05. The van der Waals surface area contributed by atoms with Gasteiger partial charge in [0, 0.05) is 13.5 Å². The topological polar surface area (TPSA) is 29.1 Å². The molecule has 1 N–H and O–H groups in total. The third-order valence-corrected chi connectivity index (χ3v) is 1.84. The predicted molar refractivity (Wildman–Crippen MR) is 54.1 cm³/mol. The Morgan fingerprint density at radius 1 is 1.42 bits per heavy atom. The van der Waals surface area contributed by atoms with Crippen LogP contribution < -0.4 is 5.32 Å². The number of rotatable bonds is 4. The smallest absolute Gasteiger partial charge is 0.219 e. The van der Waals surface area contributed by atoms with E-state index in [1.165, 1.54) is 0 Å². The van der Waals surface area contributed by atoms with E-state index in [1.807, 2.05) is 13.8 Å². The molecular weight excluding hydrogens is 150 g/mol. The summed E-state index contributed by atoms with van der Waals surface area (Å²) in [5, 5.41) is 2.61. The Labute approximate surface area is 76.7 Å². The molecule has 0 aliphatic rings. The molecule has 0 aliphatic carbocycles. The highest BCUT2D eigenvalue weighted by molar-refractivity contribution is 5.75. The summed E-state index contributed by atoms with van der Waals surface area (Å²) < 4.78 is 0. The second kappa shape index (κ2) is 10.5. The van der Waals surface area contributed by atoms with Crippen molar-refractivity contribution in [3.8, 4) is 0 Å². The number of amides is 1. The maximum Gasteiger partial charge on any atom is 0.219 e. The molecule has 0 radical (unpaired) electrons. The SMILES string of the molecule is CC.CCC(C)CCC(=O)NC. The standard InChI is InChI=1S/C8H17NO.C2H6/c1-4-7(2)5-6-8(10)9-3;1-2/h7H,4-6H2,1-3H3,(H,9,10);1-2H3. The summed E-state index contributed by atoms with van der Waals surface area (Å²) in [6.07, 6.45) is 2.85. The zero-order chi connectivity index (χ0) is 9.98. The quantitative estimate of drug-likeness (QED) is 0.695. The normalized spacial score (nSPS) is 11.1. The van der Waals surface area contributed by atoms with E-state index in [9.17, 15) is 4.79 Å². The Balaban J connectivity index is 0. The first-order valence-electron chi connectivity index (χ1n) is 4.91. The van der Waals surface area contributed by atoms with Crippen molar-refractivity contribution in [3.63, 3.8) is 0 Å². The first kappa shape index (κ1) is 14.0. The summed E-state index contributed by atoms with van der Waals surface area (Å²) in [5.41, 5.74) is 0. The lowest BCUT2D eigenvalue weighted by atomic mass is 10.0. The second-order valence-corrected chi connectivity index (χ2v) is 2.73. The molecule has 1 atom stereocenters. The molecule has 0 heterocycles. The highest BCUT2D eigenvalue weighted by Crippen LogP contribution is 2.08. The molecule has 74 valence electrons. The van der Waals surface area contributed by atoms with Gasteiger partial charge >= 0.3 is 0 Å². The molecule has 0 aliphatic heterocycles. The van der Waals surface area contributed by atoms with Crippen LogP contribution in [0.3, 0.4) is 0 Å². The first-order chi connectivity index (χ1) is 5.70. The third-order valence-electron chi connectivity index (χ3n) is 1.84. The van der Waals surface area contributed by atoms with Gasteiger partial charge in [-0.2, -0.15) is 0 Å². The fourth-order valence-electron chi connectivity index (χ4n) is 0.707. The predicted octanol–water partition coefficient (Wildman–Crippen LogP) is 2.58. The third kappa shape index (κ3) is 9.47. The monoisotopic (exact) mass is 173 g/mol. The van der Waals surface area contributed by atoms with E-state index in [0.29, 0.717) is 12.3 Å². The number of hydrogen-bond donors (Lipinski definition) is 1. The van der Waals surface area contributed by atoms with Gasteiger partial charge in [-0.25, -0.2) is 0 Å². The van der Waals surface area contributed by atoms with Crippen molar-refractivity contribution in [3.05, 3.63) is 0 Å². The van der Waals surface area contributed by atoms with Crippen molar-refractivity contribution in [2.45, 2.75) is 47.0 Å². The summed E-state index contributed by atoms with van der Waals surface area (Å²) >= 11 is 0. The summed E-state index contributed by atoms with van der Waals surface area (Å²) in [7, 11) is 1.68. The van der Waals surface area contributed by atoms with Gasteiger partial charge in [-0.3, -0.25) is 4.79 Å². The lowest BCUT2D eigenvalue weighted by Crippen LogP contribution is -2.17. The van der Waals surface area contributed by atoms with Gasteiger partial charge in [0.15, 0.2) is 0 Å². The van der Waals surface area contributed by atoms with Crippen molar-refractivity contribution in [2.24, 2.45) is 5.92 Å². The zero-order valence-corrected chi connectivity index (χ0v) is 9.11. The van der Waals surface area contributed by atoms with Gasteiger partial charge in [0.25, 0.3) is 0 Å². The van der Waals surface area contributed by atoms with Crippen LogP contribution in [0.15, 0.2) is 0 Å². The molecule has 2 nitrogen and oxygen atoms in total. The Morgan fingerprint density at radius 3 is 2.25 bits per heavy atom. The van der Waals surface area contributed by atoms with E-state index in [-0.39, 0.29) is 5.91 Å². The van der Waals surface area contributed by atoms with Crippen molar-refractivity contribution in [1.29, 1.82) is 0 Å². The van der Waals surface area contributed by atoms with E-state index in [4.69, 9.17) is 0 Å². The molecule has 0 aromatic heterocycles. The molecule has 12 heavy (non-hydrogen) atoms. The fourth-order valence-corrected chi connectivity index (χ4v) is 0.707. The highest BCUT2D eigenvalue weighted by Gasteiger charge is 2.01. The van der Waals surface area contributed by atoms with Gasteiger partial charge in [0.1, 0.15) is 0 Å². The van der Waals surface area contributed by atoms with Crippen LogP contribution in [0.2, 0.25) is 0 Å². The Morgan fingerprint density at radius 2 is 1.92 bits per heavy atom. The van der Waals surface area contributed by atoms with Gasteiger partial charge in [-0.05, 0) is 12.3 Å². The number of carbonyl (C=O) groups is 1. The molecule has 1 unspecified atom stereocenters. The summed E-state index contributed by atoms with van der Waals surface area (Å²) in [4.78, 5) is 10.7. The van der Waals surface area contributed by atoms with Gasteiger partial charge in [-0.1, -0.05) is 34.1 Å². The van der Waals surface area contributed by atoms with Crippen molar-refractivity contribution < 1.29 is 4.79 Å². The number of hydrogen-bond acceptors (Lipinski definition) is 1. The largest absolute Gasteiger partial charge is 0.359 e. The molecule has 0 fully saturated rings. The lowest BCUT2D eigenvalue weighted by molar-refractivity contribution is -0.120. The van der Waals surface area contributed by atoms with Crippen LogP contribution in [-0.2, 0) is 4.79 Å². The average molecular weight is 173 g/mol. The molecule has 0 saturated carbocycles. The summed E-state index contributed by atoms with van der Waals surface area (Å²) in [5.74, 6) is 0.831. The Bertz CT molecular complexity index is 102. The molecule has 0 bridgehead atoms. The van der Waals surface area contributed by atoms with Crippen LogP contribution in [0.25, 0.3) is 0 Å². The molecule has 0 rings (SSSR count). The average Bonchev–Trinajstić information content (AvgIpc) is 2.16. The molecule has 0 spiro atoms. The summed E-state index contributed by atoms with van der Waals surface area (Å²) in [6, 6.07) is 0. The van der Waals surface area contributed by atoms with E-state index >= 15 is 0 Å². The minimum absolute atomic E-state index is 0.153. The van der Waals surface area contributed by atoms with Gasteiger partial charge < -0.3 is 5.32 Å². The van der Waals surface area contributed by atoms with Crippen LogP contribution in [-0.4, -0.2) is 13.0 Å². The molecule has 0 aromatic rings. The van der Waals surface area contributed by atoms with E-state index < -0.39 is 0 Å². The van der Waals surface area contributed by atoms with Crippen LogP contribution in [0.1, 0.15) is 47.0 Å². The van der Waals surface area contributed by atoms with Crippen LogP contribution in [0, 0.1) is 5.92 Å². The molecular formula is C10H23NO. The second-order valence-electron chi connectivity index (χ2n) is 2.73. The van der Waals surface area contributed by atoms with E-state index in [1.54, 1.807) is 7.05 Å². The fraction of sp³-hybridized carbons (Fsp3) is 0.900. The minimum Gasteiger partial charge on any atom is -0.359 e. The maximum absolute atomic E-state index is 10.7. The Hall–Kier alpha value is -0.530. The summed E-state index contributed by atoms with van der Waals surface area (Å²) in [6.45, 7) is 8.32. The van der Waals surface area contributed by atoms with Crippen LogP contribution >= 0.6 is 0 Å². The van der Waals surface area contributed by atoms with Crippen molar-refractivity contribution in [2.75, 3.05) is 7.05 Å². The highest BCUT2D eigenvalue weighted by atomic mass is 16.1. The van der Waals surface area contributed by atoms with Crippen molar-refractivity contribution in [1.82, 2.24) is 5.32 Å². The molecule has 0 aromatic carbocycles. The molecule has 1 amide bonds. The Kier molecular flexibility index (Phi) is 12.2.